The van der Waals surface area contributed by atoms with Gasteiger partial charge in [0.05, 0.1) is 22.2 Å². The molecule has 1 aromatic heterocycles. The molecular weight excluding hydrogens is 359 g/mol. The fourth-order valence-corrected chi connectivity index (χ4v) is 3.13. The highest BCUT2D eigenvalue weighted by Gasteiger charge is 2.35. The quantitative estimate of drug-likeness (QED) is 0.808. The van der Waals surface area contributed by atoms with Crippen molar-refractivity contribution in [2.45, 2.75) is 23.5 Å². The summed E-state index contributed by atoms with van der Waals surface area (Å²) < 4.78 is 38.5. The highest BCUT2D eigenvalue weighted by molar-refractivity contribution is 8.00. The number of hydrogen-bond donors (Lipinski definition) is 2. The molecule has 2 aromatic rings. The van der Waals surface area contributed by atoms with E-state index >= 15 is 0 Å². The van der Waals surface area contributed by atoms with Gasteiger partial charge in [-0.2, -0.15) is 18.3 Å². The van der Waals surface area contributed by atoms with Crippen LogP contribution in [0.15, 0.2) is 29.7 Å². The van der Waals surface area contributed by atoms with Crippen molar-refractivity contribution in [3.05, 3.63) is 30.1 Å². The fourth-order valence-electron chi connectivity index (χ4n) is 2.35. The lowest BCUT2D eigenvalue weighted by Gasteiger charge is -2.31. The molecule has 0 saturated carbocycles. The molecule has 2 N–H and O–H groups in total. The standard InChI is InChI=1S/C14H12F3N5O2S/c1-7(25-13-18-6-19-21-13)12(24)22-5-11(23)20-9-4-8(14(15,16)17)2-3-10(9)22/h2-4,6-7H,5H2,1H3,(H,20,23)(H,18,19,21)/t7-/m1/s1. The lowest BCUT2D eigenvalue weighted by Crippen LogP contribution is -2.45. The van der Waals surface area contributed by atoms with Gasteiger partial charge in [0.25, 0.3) is 0 Å². The summed E-state index contributed by atoms with van der Waals surface area (Å²) in [7, 11) is 0. The Labute approximate surface area is 144 Å². The van der Waals surface area contributed by atoms with Crippen molar-refractivity contribution < 1.29 is 22.8 Å². The maximum absolute atomic E-state index is 12.8. The molecule has 11 heteroatoms. The predicted molar refractivity (Wildman–Crippen MR) is 84.1 cm³/mol. The van der Waals surface area contributed by atoms with Crippen LogP contribution in [-0.2, 0) is 15.8 Å². The van der Waals surface area contributed by atoms with Crippen molar-refractivity contribution in [2.24, 2.45) is 0 Å². The van der Waals surface area contributed by atoms with E-state index in [1.807, 2.05) is 0 Å². The minimum absolute atomic E-state index is 0.0451. The number of alkyl halides is 3. The van der Waals surface area contributed by atoms with Crippen molar-refractivity contribution in [3.63, 3.8) is 0 Å². The Kier molecular flexibility index (Phi) is 4.41. The lowest BCUT2D eigenvalue weighted by molar-refractivity contribution is -0.137. The molecule has 7 nitrogen and oxygen atoms in total. The van der Waals surface area contributed by atoms with E-state index in [9.17, 15) is 22.8 Å². The van der Waals surface area contributed by atoms with Crippen LogP contribution in [0.2, 0.25) is 0 Å². The molecule has 0 saturated heterocycles. The normalized spacial score (nSPS) is 15.5. The van der Waals surface area contributed by atoms with E-state index in [-0.39, 0.29) is 17.9 Å². The number of thioether (sulfide) groups is 1. The molecular formula is C14H12F3N5O2S. The maximum Gasteiger partial charge on any atom is 0.416 e. The molecule has 1 aliphatic heterocycles. The Hall–Kier alpha value is -2.56. The molecule has 0 bridgehead atoms. The average Bonchev–Trinajstić information content (AvgIpc) is 3.04. The second-order valence-corrected chi connectivity index (χ2v) is 6.58. The van der Waals surface area contributed by atoms with Crippen molar-refractivity contribution in [3.8, 4) is 0 Å². The number of aromatic nitrogens is 3. The van der Waals surface area contributed by atoms with Gasteiger partial charge in [-0.3, -0.25) is 19.6 Å². The van der Waals surface area contributed by atoms with Crippen LogP contribution in [0.25, 0.3) is 0 Å². The number of anilines is 2. The Morgan fingerprint density at radius 2 is 2.16 bits per heavy atom. The molecule has 1 aliphatic rings. The van der Waals surface area contributed by atoms with Gasteiger partial charge in [0.15, 0.2) is 5.16 Å². The van der Waals surface area contributed by atoms with Crippen LogP contribution in [0.4, 0.5) is 24.5 Å². The fraction of sp³-hybridized carbons (Fsp3) is 0.286. The van der Waals surface area contributed by atoms with Crippen molar-refractivity contribution in [2.75, 3.05) is 16.8 Å². The van der Waals surface area contributed by atoms with Gasteiger partial charge in [-0.05, 0) is 25.1 Å². The van der Waals surface area contributed by atoms with E-state index in [4.69, 9.17) is 0 Å². The van der Waals surface area contributed by atoms with Crippen LogP contribution >= 0.6 is 11.8 Å². The van der Waals surface area contributed by atoms with Crippen LogP contribution in [0, 0.1) is 0 Å². The van der Waals surface area contributed by atoms with E-state index in [0.717, 1.165) is 23.9 Å². The van der Waals surface area contributed by atoms with Gasteiger partial charge in [-0.15, -0.1) is 0 Å². The van der Waals surface area contributed by atoms with Gasteiger partial charge in [-0.1, -0.05) is 11.8 Å². The van der Waals surface area contributed by atoms with E-state index < -0.39 is 28.8 Å². The van der Waals surface area contributed by atoms with Crippen molar-refractivity contribution in [1.82, 2.24) is 15.2 Å². The Balaban J connectivity index is 1.88. The minimum Gasteiger partial charge on any atom is -0.323 e. The Bertz CT molecular complexity index is 809. The van der Waals surface area contributed by atoms with E-state index in [1.165, 1.54) is 17.3 Å². The molecule has 0 radical (unpaired) electrons. The summed E-state index contributed by atoms with van der Waals surface area (Å²) in [6, 6.07) is 2.88. The summed E-state index contributed by atoms with van der Waals surface area (Å²) in [5.41, 5.74) is -0.719. The summed E-state index contributed by atoms with van der Waals surface area (Å²) in [5.74, 6) is -0.978. The predicted octanol–water partition coefficient (Wildman–Crippen LogP) is 2.29. The first-order valence-electron chi connectivity index (χ1n) is 7.10. The van der Waals surface area contributed by atoms with Crippen molar-refractivity contribution in [1.29, 1.82) is 0 Å². The third-order valence-corrected chi connectivity index (χ3v) is 4.46. The van der Waals surface area contributed by atoms with Crippen LogP contribution in [0.3, 0.4) is 0 Å². The second kappa shape index (κ2) is 6.39. The van der Waals surface area contributed by atoms with Gasteiger partial charge in [0.2, 0.25) is 11.8 Å². The number of carbonyl (C=O) groups is 2. The van der Waals surface area contributed by atoms with Crippen LogP contribution < -0.4 is 10.2 Å². The zero-order valence-electron chi connectivity index (χ0n) is 12.8. The SMILES string of the molecule is C[C@@H](Sc1ncn[nH]1)C(=O)N1CC(=O)Nc2cc(C(F)(F)F)ccc21. The van der Waals surface area contributed by atoms with Crippen molar-refractivity contribution >= 4 is 35.0 Å². The number of benzene rings is 1. The first kappa shape index (κ1) is 17.3. The largest absolute Gasteiger partial charge is 0.416 e. The van der Waals surface area contributed by atoms with E-state index in [0.29, 0.717) is 5.16 Å². The van der Waals surface area contributed by atoms with Gasteiger partial charge in [0.1, 0.15) is 12.9 Å². The van der Waals surface area contributed by atoms with Gasteiger partial charge in [0, 0.05) is 0 Å². The Morgan fingerprint density at radius 1 is 1.40 bits per heavy atom. The summed E-state index contributed by atoms with van der Waals surface area (Å²) >= 11 is 1.10. The number of hydrogen-bond acceptors (Lipinski definition) is 5. The molecule has 1 atom stereocenters. The Morgan fingerprint density at radius 3 is 2.80 bits per heavy atom. The molecule has 0 spiro atoms. The number of fused-ring (bicyclic) bond motifs is 1. The second-order valence-electron chi connectivity index (χ2n) is 5.25. The van der Waals surface area contributed by atoms with Crippen LogP contribution in [-0.4, -0.2) is 38.8 Å². The van der Waals surface area contributed by atoms with Gasteiger partial charge < -0.3 is 5.32 Å². The van der Waals surface area contributed by atoms with Gasteiger partial charge in [-0.25, -0.2) is 4.98 Å². The number of nitrogens with one attached hydrogen (secondary N) is 2. The van der Waals surface area contributed by atoms with Gasteiger partial charge >= 0.3 is 6.18 Å². The molecule has 0 fully saturated rings. The molecule has 25 heavy (non-hydrogen) atoms. The highest BCUT2D eigenvalue weighted by Crippen LogP contribution is 2.37. The topological polar surface area (TPSA) is 91.0 Å². The summed E-state index contributed by atoms with van der Waals surface area (Å²) in [6.45, 7) is 1.35. The number of nitrogens with zero attached hydrogens (tertiary/aromatic N) is 3. The third kappa shape index (κ3) is 3.60. The number of rotatable bonds is 3. The first-order valence-corrected chi connectivity index (χ1v) is 7.98. The first-order chi connectivity index (χ1) is 11.8. The number of carbonyl (C=O) groups excluding carboxylic acids is 2. The summed E-state index contributed by atoms with van der Waals surface area (Å²) in [6.07, 6.45) is -3.25. The van der Waals surface area contributed by atoms with E-state index in [1.54, 1.807) is 6.92 Å². The molecule has 0 unspecified atom stereocenters. The molecule has 2 amide bonds. The average molecular weight is 371 g/mol. The monoisotopic (exact) mass is 371 g/mol. The zero-order valence-corrected chi connectivity index (χ0v) is 13.6. The summed E-state index contributed by atoms with van der Waals surface area (Å²) in [4.78, 5) is 29.5. The van der Waals surface area contributed by atoms with Crippen LogP contribution in [0.5, 0.6) is 0 Å². The molecule has 3 rings (SSSR count). The number of amides is 2. The summed E-state index contributed by atoms with van der Waals surface area (Å²) in [5, 5.41) is 8.46. The number of aromatic amines is 1. The van der Waals surface area contributed by atoms with E-state index in [2.05, 4.69) is 20.5 Å². The number of H-pyrrole nitrogens is 1. The highest BCUT2D eigenvalue weighted by atomic mass is 32.2. The molecule has 1 aromatic carbocycles. The maximum atomic E-state index is 12.8. The third-order valence-electron chi connectivity index (χ3n) is 3.49. The molecule has 132 valence electrons. The van der Waals surface area contributed by atoms with Crippen LogP contribution in [0.1, 0.15) is 12.5 Å². The smallest absolute Gasteiger partial charge is 0.323 e. The number of halogens is 3. The molecule has 2 heterocycles. The minimum atomic E-state index is -4.54. The molecule has 0 aliphatic carbocycles. The zero-order chi connectivity index (χ0) is 18.2. The lowest BCUT2D eigenvalue weighted by atomic mass is 10.1.